The van der Waals surface area contributed by atoms with Gasteiger partial charge in [-0.05, 0) is 64.0 Å². The summed E-state index contributed by atoms with van der Waals surface area (Å²) in [6, 6.07) is 14.6. The second kappa shape index (κ2) is 7.58. The summed E-state index contributed by atoms with van der Waals surface area (Å²) in [6.45, 7) is 11.7. The Kier molecular flexibility index (Phi) is 5.52. The normalized spacial score (nSPS) is 18.5. The summed E-state index contributed by atoms with van der Waals surface area (Å²) in [4.78, 5) is 11.6. The zero-order valence-corrected chi connectivity index (χ0v) is 18.0. The average molecular weight is 377 g/mol. The van der Waals surface area contributed by atoms with E-state index in [-0.39, 0.29) is 16.8 Å². The lowest BCUT2D eigenvalue weighted by molar-refractivity contribution is 0.0600. The maximum absolute atomic E-state index is 11.6. The second-order valence-electron chi connectivity index (χ2n) is 9.33. The summed E-state index contributed by atoms with van der Waals surface area (Å²) in [6.07, 6.45) is 6.83. The van der Waals surface area contributed by atoms with E-state index in [1.165, 1.54) is 36.6 Å². The molecule has 0 saturated carbocycles. The Balaban J connectivity index is 1.82. The molecule has 2 aromatic carbocycles. The minimum atomic E-state index is -0.302. The van der Waals surface area contributed by atoms with Crippen molar-refractivity contribution < 1.29 is 9.53 Å². The molecule has 1 atom stereocenters. The van der Waals surface area contributed by atoms with Gasteiger partial charge in [0, 0.05) is 0 Å². The van der Waals surface area contributed by atoms with Crippen LogP contribution in [0.25, 0.3) is 6.08 Å². The van der Waals surface area contributed by atoms with Gasteiger partial charge in [0.1, 0.15) is 0 Å². The third-order valence-corrected chi connectivity index (χ3v) is 6.31. The summed E-state index contributed by atoms with van der Waals surface area (Å²) < 4.78 is 4.75. The van der Waals surface area contributed by atoms with Crippen LogP contribution in [0.5, 0.6) is 0 Å². The molecule has 1 aliphatic rings. The molecule has 0 spiro atoms. The van der Waals surface area contributed by atoms with E-state index in [2.05, 4.69) is 65.0 Å². The van der Waals surface area contributed by atoms with Gasteiger partial charge in [0.15, 0.2) is 0 Å². The van der Waals surface area contributed by atoms with E-state index in [4.69, 9.17) is 4.74 Å². The fourth-order valence-electron chi connectivity index (χ4n) is 4.10. The van der Waals surface area contributed by atoms with E-state index in [1.54, 1.807) is 12.1 Å². The van der Waals surface area contributed by atoms with Crippen LogP contribution in [0.4, 0.5) is 0 Å². The average Bonchev–Trinajstić information content (AvgIpc) is 2.69. The molecule has 0 saturated heterocycles. The highest BCUT2D eigenvalue weighted by Gasteiger charge is 2.37. The molecule has 0 N–H and O–H groups in total. The number of hydrogen-bond donors (Lipinski definition) is 0. The third-order valence-electron chi connectivity index (χ3n) is 6.31. The Morgan fingerprint density at radius 1 is 0.964 bits per heavy atom. The summed E-state index contributed by atoms with van der Waals surface area (Å²) in [5.41, 5.74) is 6.50. The van der Waals surface area contributed by atoms with Gasteiger partial charge < -0.3 is 4.74 Å². The van der Waals surface area contributed by atoms with Crippen LogP contribution in [0, 0.1) is 0 Å². The van der Waals surface area contributed by atoms with Crippen LogP contribution >= 0.6 is 0 Å². The zero-order valence-electron chi connectivity index (χ0n) is 18.0. The molecule has 0 radical (unpaired) electrons. The molecule has 148 valence electrons. The monoisotopic (exact) mass is 376 g/mol. The minimum Gasteiger partial charge on any atom is -0.465 e. The van der Waals surface area contributed by atoms with Gasteiger partial charge in [0.05, 0.1) is 12.7 Å². The van der Waals surface area contributed by atoms with Crippen LogP contribution < -0.4 is 0 Å². The Hall–Kier alpha value is -2.35. The van der Waals surface area contributed by atoms with Gasteiger partial charge in [0.25, 0.3) is 0 Å². The summed E-state index contributed by atoms with van der Waals surface area (Å²) >= 11 is 0. The Labute approximate surface area is 169 Å². The number of carbonyl (C=O) groups excluding carboxylic acids is 1. The van der Waals surface area contributed by atoms with Crippen LogP contribution in [0.15, 0.2) is 48.5 Å². The van der Waals surface area contributed by atoms with Crippen molar-refractivity contribution >= 4 is 12.0 Å². The molecular weight excluding hydrogens is 344 g/mol. The first-order chi connectivity index (χ1) is 13.1. The van der Waals surface area contributed by atoms with Crippen molar-refractivity contribution in [1.82, 2.24) is 0 Å². The number of fused-ring (bicyclic) bond motifs is 1. The molecule has 0 aromatic heterocycles. The predicted molar refractivity (Wildman–Crippen MR) is 117 cm³/mol. The van der Waals surface area contributed by atoms with Crippen molar-refractivity contribution in [3.63, 3.8) is 0 Å². The van der Waals surface area contributed by atoms with E-state index < -0.39 is 0 Å². The number of ether oxygens (including phenoxy) is 1. The van der Waals surface area contributed by atoms with Crippen LogP contribution in [0.3, 0.4) is 0 Å². The fraction of sp³-hybridized carbons (Fsp3) is 0.423. The summed E-state index contributed by atoms with van der Waals surface area (Å²) in [5.74, 6) is 0.0231. The number of carbonyl (C=O) groups is 1. The smallest absolute Gasteiger partial charge is 0.337 e. The van der Waals surface area contributed by atoms with Crippen LogP contribution in [0.2, 0.25) is 0 Å². The number of hydrogen-bond acceptors (Lipinski definition) is 2. The number of esters is 1. The van der Waals surface area contributed by atoms with Gasteiger partial charge in [-0.2, -0.15) is 0 Å². The van der Waals surface area contributed by atoms with Gasteiger partial charge in [-0.15, -0.1) is 0 Å². The maximum Gasteiger partial charge on any atom is 0.337 e. The van der Waals surface area contributed by atoms with E-state index in [0.717, 1.165) is 5.56 Å². The highest BCUT2D eigenvalue weighted by molar-refractivity contribution is 5.89. The third kappa shape index (κ3) is 4.06. The Morgan fingerprint density at radius 2 is 1.57 bits per heavy atom. The molecular formula is C26H32O2. The van der Waals surface area contributed by atoms with E-state index >= 15 is 0 Å². The molecule has 2 nitrogen and oxygen atoms in total. The van der Waals surface area contributed by atoms with Crippen molar-refractivity contribution in [3.05, 3.63) is 76.4 Å². The molecule has 0 heterocycles. The standard InChI is InChI=1S/C26H32O2/c1-18(7-8-19-9-11-20(12-10-19)24(27)28-6)21-13-14-22-23(17-21)26(4,5)16-15-25(22,2)3/h7-14,17-18H,15-16H2,1-6H3. The highest BCUT2D eigenvalue weighted by Crippen LogP contribution is 2.46. The van der Waals surface area contributed by atoms with Crippen LogP contribution in [-0.4, -0.2) is 13.1 Å². The lowest BCUT2D eigenvalue weighted by Crippen LogP contribution is -2.33. The largest absolute Gasteiger partial charge is 0.465 e. The molecule has 0 fully saturated rings. The molecule has 1 aliphatic carbocycles. The van der Waals surface area contributed by atoms with Crippen molar-refractivity contribution in [2.24, 2.45) is 0 Å². The molecule has 1 unspecified atom stereocenters. The zero-order chi connectivity index (χ0) is 20.5. The van der Waals surface area contributed by atoms with Crippen molar-refractivity contribution in [2.45, 2.75) is 64.2 Å². The van der Waals surface area contributed by atoms with Gasteiger partial charge in [-0.3, -0.25) is 0 Å². The fourth-order valence-corrected chi connectivity index (χ4v) is 4.10. The molecule has 0 aliphatic heterocycles. The van der Waals surface area contributed by atoms with Crippen LogP contribution in [0.1, 0.15) is 86.0 Å². The van der Waals surface area contributed by atoms with Gasteiger partial charge in [-0.25, -0.2) is 4.79 Å². The van der Waals surface area contributed by atoms with Crippen LogP contribution in [-0.2, 0) is 15.6 Å². The Bertz CT molecular complexity index is 885. The lowest BCUT2D eigenvalue weighted by atomic mass is 9.63. The molecule has 0 bridgehead atoms. The molecule has 3 rings (SSSR count). The first-order valence-corrected chi connectivity index (χ1v) is 10.2. The summed E-state index contributed by atoms with van der Waals surface area (Å²) in [7, 11) is 1.40. The SMILES string of the molecule is COC(=O)c1ccc(C=CC(C)c2ccc3c(c2)C(C)(C)CCC3(C)C)cc1. The topological polar surface area (TPSA) is 26.3 Å². The Morgan fingerprint density at radius 3 is 2.18 bits per heavy atom. The van der Waals surface area contributed by atoms with E-state index in [0.29, 0.717) is 11.5 Å². The number of benzene rings is 2. The number of methoxy groups -OCH3 is 1. The predicted octanol–water partition coefficient (Wildman–Crippen LogP) is 6.64. The van der Waals surface area contributed by atoms with Crippen molar-refractivity contribution in [1.29, 1.82) is 0 Å². The molecule has 0 amide bonds. The van der Waals surface area contributed by atoms with Crippen molar-refractivity contribution in [2.75, 3.05) is 7.11 Å². The first kappa shape index (κ1) is 20.4. The second-order valence-corrected chi connectivity index (χ2v) is 9.33. The molecule has 2 heteroatoms. The van der Waals surface area contributed by atoms with Gasteiger partial charge in [0.2, 0.25) is 0 Å². The first-order valence-electron chi connectivity index (χ1n) is 10.2. The summed E-state index contributed by atoms with van der Waals surface area (Å²) in [5, 5.41) is 0. The minimum absolute atomic E-state index is 0.230. The van der Waals surface area contributed by atoms with Crippen molar-refractivity contribution in [3.8, 4) is 0 Å². The van der Waals surface area contributed by atoms with E-state index in [9.17, 15) is 4.79 Å². The van der Waals surface area contributed by atoms with Gasteiger partial charge in [-0.1, -0.05) is 77.1 Å². The quantitative estimate of drug-likeness (QED) is 0.559. The molecule has 28 heavy (non-hydrogen) atoms. The maximum atomic E-state index is 11.6. The van der Waals surface area contributed by atoms with E-state index in [1.807, 2.05) is 12.1 Å². The number of rotatable bonds is 4. The lowest BCUT2D eigenvalue weighted by Gasteiger charge is -2.42. The highest BCUT2D eigenvalue weighted by atomic mass is 16.5. The van der Waals surface area contributed by atoms with Gasteiger partial charge >= 0.3 is 5.97 Å². The number of allylic oxidation sites excluding steroid dienone is 1. The molecule has 2 aromatic rings.